The summed E-state index contributed by atoms with van der Waals surface area (Å²) in [4.78, 5) is 30.1. The number of benzene rings is 4. The molecule has 0 unspecified atom stereocenters. The molecule has 4 aromatic carbocycles. The number of nitrogens with one attached hydrogen (secondary N) is 1. The number of anilines is 1. The topological polar surface area (TPSA) is 86.8 Å². The Hall–Kier alpha value is -4.14. The molecule has 47 heavy (non-hydrogen) atoms. The van der Waals surface area contributed by atoms with Crippen molar-refractivity contribution in [1.82, 2.24) is 10.2 Å². The monoisotopic (exact) mass is 673 g/mol. The molecule has 248 valence electrons. The van der Waals surface area contributed by atoms with Crippen LogP contribution in [0.15, 0.2) is 108 Å². The highest BCUT2D eigenvalue weighted by Crippen LogP contribution is 2.27. The van der Waals surface area contributed by atoms with Gasteiger partial charge in [0.2, 0.25) is 11.8 Å². The van der Waals surface area contributed by atoms with Crippen LogP contribution in [0.5, 0.6) is 0 Å². The predicted molar refractivity (Wildman–Crippen MR) is 190 cm³/mol. The van der Waals surface area contributed by atoms with Gasteiger partial charge < -0.3 is 10.2 Å². The summed E-state index contributed by atoms with van der Waals surface area (Å²) < 4.78 is 29.7. The Kier molecular flexibility index (Phi) is 12.2. The van der Waals surface area contributed by atoms with Crippen LogP contribution in [0.3, 0.4) is 0 Å². The van der Waals surface area contributed by atoms with Crippen LogP contribution < -0.4 is 9.62 Å². The third-order valence-electron chi connectivity index (χ3n) is 8.25. The van der Waals surface area contributed by atoms with Gasteiger partial charge in [0.1, 0.15) is 12.6 Å². The van der Waals surface area contributed by atoms with Crippen LogP contribution in [0.4, 0.5) is 5.69 Å². The molecule has 0 aromatic heterocycles. The summed E-state index contributed by atoms with van der Waals surface area (Å²) in [6.45, 7) is 9.43. The van der Waals surface area contributed by atoms with E-state index in [1.54, 1.807) is 54.6 Å². The van der Waals surface area contributed by atoms with Crippen molar-refractivity contribution in [2.45, 2.75) is 76.9 Å². The van der Waals surface area contributed by atoms with Crippen LogP contribution in [-0.2, 0) is 32.6 Å². The number of aryl methyl sites for hydroxylation is 1. The second-order valence-electron chi connectivity index (χ2n) is 12.2. The van der Waals surface area contributed by atoms with Gasteiger partial charge in [0.15, 0.2) is 0 Å². The number of amides is 2. The smallest absolute Gasteiger partial charge is 0.264 e. The molecule has 0 aliphatic heterocycles. The van der Waals surface area contributed by atoms with E-state index in [1.807, 2.05) is 69.3 Å². The first kappa shape index (κ1) is 35.7. The SMILES string of the molecule is CC[C@H](C)NC(=O)[C@@H](Cc1ccccc1)N(Cc1cccc(Cl)c1)C(=O)CN(c1ccc(C(C)C)cc1)S(=O)(=O)c1ccc(C)cc1. The number of halogens is 1. The van der Waals surface area contributed by atoms with Gasteiger partial charge in [-0.15, -0.1) is 0 Å². The molecule has 1 N–H and O–H groups in total. The molecular weight excluding hydrogens is 630 g/mol. The van der Waals surface area contributed by atoms with E-state index in [2.05, 4.69) is 19.2 Å². The first-order valence-corrected chi connectivity index (χ1v) is 17.8. The van der Waals surface area contributed by atoms with Crippen molar-refractivity contribution < 1.29 is 18.0 Å². The maximum atomic E-state index is 14.6. The van der Waals surface area contributed by atoms with Crippen LogP contribution in [-0.4, -0.2) is 43.8 Å². The van der Waals surface area contributed by atoms with Crippen LogP contribution in [0.1, 0.15) is 62.3 Å². The van der Waals surface area contributed by atoms with E-state index in [0.29, 0.717) is 17.1 Å². The minimum absolute atomic E-state index is 0.0511. The van der Waals surface area contributed by atoms with Gasteiger partial charge in [-0.1, -0.05) is 105 Å². The summed E-state index contributed by atoms with van der Waals surface area (Å²) in [7, 11) is -4.18. The summed E-state index contributed by atoms with van der Waals surface area (Å²) in [6, 6.07) is 29.3. The molecule has 9 heteroatoms. The lowest BCUT2D eigenvalue weighted by atomic mass is 10.0. The van der Waals surface area contributed by atoms with E-state index in [0.717, 1.165) is 26.6 Å². The predicted octanol–water partition coefficient (Wildman–Crippen LogP) is 7.52. The van der Waals surface area contributed by atoms with Crippen molar-refractivity contribution in [2.24, 2.45) is 0 Å². The molecule has 0 saturated heterocycles. The van der Waals surface area contributed by atoms with Gasteiger partial charge in [0.25, 0.3) is 10.0 Å². The van der Waals surface area contributed by atoms with Crippen LogP contribution in [0.25, 0.3) is 0 Å². The Morgan fingerprint density at radius 3 is 2.06 bits per heavy atom. The van der Waals surface area contributed by atoms with Crippen LogP contribution in [0, 0.1) is 6.92 Å². The average molecular weight is 674 g/mol. The number of sulfonamides is 1. The minimum Gasteiger partial charge on any atom is -0.352 e. The zero-order valence-corrected chi connectivity index (χ0v) is 29.3. The van der Waals surface area contributed by atoms with E-state index in [-0.39, 0.29) is 35.7 Å². The van der Waals surface area contributed by atoms with E-state index in [9.17, 15) is 18.0 Å². The highest BCUT2D eigenvalue weighted by atomic mass is 35.5. The second kappa shape index (κ2) is 16.1. The van der Waals surface area contributed by atoms with Crippen molar-refractivity contribution in [3.63, 3.8) is 0 Å². The molecule has 0 bridgehead atoms. The highest BCUT2D eigenvalue weighted by Gasteiger charge is 2.35. The van der Waals surface area contributed by atoms with Gasteiger partial charge in [-0.05, 0) is 79.3 Å². The van der Waals surface area contributed by atoms with Crippen LogP contribution >= 0.6 is 11.6 Å². The Bertz CT molecular complexity index is 1740. The lowest BCUT2D eigenvalue weighted by Gasteiger charge is -2.34. The normalized spacial score (nSPS) is 12.7. The van der Waals surface area contributed by atoms with Gasteiger partial charge >= 0.3 is 0 Å². The number of hydrogen-bond acceptors (Lipinski definition) is 4. The fourth-order valence-electron chi connectivity index (χ4n) is 5.22. The maximum absolute atomic E-state index is 14.6. The molecule has 4 aromatic rings. The minimum atomic E-state index is -4.18. The number of hydrogen-bond donors (Lipinski definition) is 1. The Morgan fingerprint density at radius 1 is 0.830 bits per heavy atom. The summed E-state index contributed by atoms with van der Waals surface area (Å²) in [5, 5.41) is 3.55. The molecule has 4 rings (SSSR count). The van der Waals surface area contributed by atoms with Gasteiger partial charge in [-0.25, -0.2) is 8.42 Å². The Balaban J connectivity index is 1.82. The second-order valence-corrected chi connectivity index (χ2v) is 14.5. The molecule has 0 aliphatic carbocycles. The largest absolute Gasteiger partial charge is 0.352 e. The van der Waals surface area contributed by atoms with E-state index in [4.69, 9.17) is 11.6 Å². The Labute approximate surface area is 284 Å². The fourth-order valence-corrected chi connectivity index (χ4v) is 6.85. The Morgan fingerprint density at radius 2 is 1.47 bits per heavy atom. The molecule has 0 fully saturated rings. The maximum Gasteiger partial charge on any atom is 0.264 e. The first-order chi connectivity index (χ1) is 22.4. The van der Waals surface area contributed by atoms with E-state index < -0.39 is 28.5 Å². The fraction of sp³-hybridized carbons (Fsp3) is 0.316. The molecule has 2 atom stereocenters. The van der Waals surface area contributed by atoms with E-state index in [1.165, 1.54) is 4.90 Å². The van der Waals surface area contributed by atoms with Gasteiger partial charge in [0.05, 0.1) is 10.6 Å². The molecule has 0 heterocycles. The standard InChI is InChI=1S/C38H44ClN3O4S/c1-6-29(5)40-38(44)36(24-30-11-8-7-9-12-30)41(25-31-13-10-14-33(39)23-31)37(43)26-42(34-19-17-32(18-20-34)27(2)3)47(45,46)35-21-15-28(4)16-22-35/h7-23,27,29,36H,6,24-26H2,1-5H3,(H,40,44)/t29-,36+/m0/s1. The number of carbonyl (C=O) groups is 2. The van der Waals surface area contributed by atoms with Gasteiger partial charge in [-0.3, -0.25) is 13.9 Å². The summed E-state index contributed by atoms with van der Waals surface area (Å²) in [6.07, 6.45) is 0.949. The molecule has 7 nitrogen and oxygen atoms in total. The number of carbonyl (C=O) groups excluding carboxylic acids is 2. The lowest BCUT2D eigenvalue weighted by molar-refractivity contribution is -0.140. The van der Waals surface area contributed by atoms with Crippen molar-refractivity contribution in [3.8, 4) is 0 Å². The molecule has 0 radical (unpaired) electrons. The van der Waals surface area contributed by atoms with Gasteiger partial charge in [-0.2, -0.15) is 0 Å². The highest BCUT2D eigenvalue weighted by molar-refractivity contribution is 7.92. The zero-order valence-electron chi connectivity index (χ0n) is 27.7. The van der Waals surface area contributed by atoms with Crippen molar-refractivity contribution in [3.05, 3.63) is 130 Å². The quantitative estimate of drug-likeness (QED) is 0.150. The van der Waals surface area contributed by atoms with E-state index >= 15 is 0 Å². The summed E-state index contributed by atoms with van der Waals surface area (Å²) in [5.74, 6) is -0.592. The molecule has 0 spiro atoms. The van der Waals surface area contributed by atoms with Crippen molar-refractivity contribution in [2.75, 3.05) is 10.8 Å². The zero-order chi connectivity index (χ0) is 34.1. The number of rotatable bonds is 14. The molecule has 2 amide bonds. The molecule has 0 aliphatic rings. The number of nitrogens with zero attached hydrogens (tertiary/aromatic N) is 2. The van der Waals surface area contributed by atoms with Crippen molar-refractivity contribution in [1.29, 1.82) is 0 Å². The molecular formula is C38H44ClN3O4S. The van der Waals surface area contributed by atoms with Gasteiger partial charge in [0, 0.05) is 24.0 Å². The third-order valence-corrected chi connectivity index (χ3v) is 10.3. The summed E-state index contributed by atoms with van der Waals surface area (Å²) in [5.41, 5.74) is 3.90. The van der Waals surface area contributed by atoms with Crippen LogP contribution in [0.2, 0.25) is 5.02 Å². The first-order valence-electron chi connectivity index (χ1n) is 16.0. The third kappa shape index (κ3) is 9.46. The molecule has 0 saturated carbocycles. The summed E-state index contributed by atoms with van der Waals surface area (Å²) >= 11 is 6.34. The van der Waals surface area contributed by atoms with Crippen molar-refractivity contribution >= 4 is 39.1 Å². The average Bonchev–Trinajstić information content (AvgIpc) is 3.05. The lowest BCUT2D eigenvalue weighted by Crippen LogP contribution is -2.54.